The Bertz CT molecular complexity index is 538. The number of hydrogen-bond donors (Lipinski definition) is 2. The first-order chi connectivity index (χ1) is 9.11. The van der Waals surface area contributed by atoms with E-state index in [1.807, 2.05) is 0 Å². The largest absolute Gasteiger partial charge is 0.377 e. The Labute approximate surface area is 115 Å². The van der Waals surface area contributed by atoms with Gasteiger partial charge < -0.3 is 11.1 Å². The number of nitrogens with one attached hydrogen (secondary N) is 1. The van der Waals surface area contributed by atoms with Crippen molar-refractivity contribution in [2.24, 2.45) is 5.73 Å². The van der Waals surface area contributed by atoms with Crippen molar-refractivity contribution < 1.29 is 8.78 Å². The Morgan fingerprint density at radius 3 is 2.16 bits per heavy atom. The van der Waals surface area contributed by atoms with Gasteiger partial charge in [-0.25, -0.2) is 8.78 Å². The summed E-state index contributed by atoms with van der Waals surface area (Å²) in [7, 11) is 0. The molecule has 0 heterocycles. The van der Waals surface area contributed by atoms with E-state index in [9.17, 15) is 8.78 Å². The molecule has 0 aliphatic rings. The first-order valence-electron chi connectivity index (χ1n) is 5.78. The topological polar surface area (TPSA) is 38.0 Å². The van der Waals surface area contributed by atoms with Crippen LogP contribution in [0.25, 0.3) is 0 Å². The molecule has 0 bridgehead atoms. The third-order valence-electron chi connectivity index (χ3n) is 2.77. The molecule has 0 aliphatic heterocycles. The molecule has 3 N–H and O–H groups in total. The first-order valence-corrected chi connectivity index (χ1v) is 6.15. The van der Waals surface area contributed by atoms with E-state index in [1.54, 1.807) is 24.3 Å². The lowest BCUT2D eigenvalue weighted by Gasteiger charge is -2.19. The third-order valence-corrected chi connectivity index (χ3v) is 3.02. The second kappa shape index (κ2) is 5.99. The van der Waals surface area contributed by atoms with Crippen molar-refractivity contribution >= 4 is 17.3 Å². The van der Waals surface area contributed by atoms with Gasteiger partial charge in [-0.3, -0.25) is 0 Å². The molecular weight excluding hydrogens is 270 g/mol. The van der Waals surface area contributed by atoms with Crippen LogP contribution in [0.1, 0.15) is 11.6 Å². The molecule has 2 rings (SSSR count). The minimum atomic E-state index is -0.637. The first kappa shape index (κ1) is 13.8. The summed E-state index contributed by atoms with van der Waals surface area (Å²) in [5.74, 6) is -1.23. The van der Waals surface area contributed by atoms with Crippen molar-refractivity contribution in [2.75, 3.05) is 11.9 Å². The molecule has 0 radical (unpaired) electrons. The third kappa shape index (κ3) is 3.22. The minimum absolute atomic E-state index is 0.0556. The number of rotatable bonds is 4. The van der Waals surface area contributed by atoms with Gasteiger partial charge in [-0.05, 0) is 36.4 Å². The fourth-order valence-electron chi connectivity index (χ4n) is 1.84. The number of nitrogens with two attached hydrogens (primary N) is 1. The van der Waals surface area contributed by atoms with Crippen molar-refractivity contribution in [3.05, 3.63) is 64.7 Å². The number of benzene rings is 2. The minimum Gasteiger partial charge on any atom is -0.377 e. The zero-order valence-corrected chi connectivity index (χ0v) is 10.8. The van der Waals surface area contributed by atoms with Crippen molar-refractivity contribution in [3.63, 3.8) is 0 Å². The molecule has 2 nitrogen and oxygen atoms in total. The van der Waals surface area contributed by atoms with Crippen LogP contribution in [0.15, 0.2) is 42.5 Å². The summed E-state index contributed by atoms with van der Waals surface area (Å²) in [4.78, 5) is 0. The molecule has 1 atom stereocenters. The van der Waals surface area contributed by atoms with Gasteiger partial charge in [0.25, 0.3) is 0 Å². The second-order valence-electron chi connectivity index (χ2n) is 4.07. The smallest absolute Gasteiger partial charge is 0.131 e. The van der Waals surface area contributed by atoms with E-state index in [4.69, 9.17) is 17.3 Å². The van der Waals surface area contributed by atoms with Gasteiger partial charge in [-0.2, -0.15) is 0 Å². The predicted molar refractivity (Wildman–Crippen MR) is 73.2 cm³/mol. The van der Waals surface area contributed by atoms with Crippen LogP contribution in [0.2, 0.25) is 5.02 Å². The summed E-state index contributed by atoms with van der Waals surface area (Å²) in [6, 6.07) is 9.94. The molecule has 2 aromatic rings. The number of hydrogen-bond acceptors (Lipinski definition) is 2. The molecule has 100 valence electrons. The van der Waals surface area contributed by atoms with Crippen LogP contribution in [0.3, 0.4) is 0 Å². The average Bonchev–Trinajstić information content (AvgIpc) is 2.39. The molecule has 0 spiro atoms. The Balaban J connectivity index is 2.27. The SMILES string of the molecule is NCC(Nc1ccc(Cl)cc1)c1c(F)cccc1F. The molecule has 2 aromatic carbocycles. The monoisotopic (exact) mass is 282 g/mol. The van der Waals surface area contributed by atoms with Crippen LogP contribution in [-0.2, 0) is 0 Å². The number of anilines is 1. The molecular formula is C14H13ClF2N2. The van der Waals surface area contributed by atoms with Crippen LogP contribution in [0, 0.1) is 11.6 Å². The molecule has 0 saturated carbocycles. The van der Waals surface area contributed by atoms with Crippen molar-refractivity contribution in [1.82, 2.24) is 0 Å². The molecule has 1 unspecified atom stereocenters. The second-order valence-corrected chi connectivity index (χ2v) is 4.51. The maximum absolute atomic E-state index is 13.7. The van der Waals surface area contributed by atoms with Crippen LogP contribution < -0.4 is 11.1 Å². The lowest BCUT2D eigenvalue weighted by Crippen LogP contribution is -2.22. The Morgan fingerprint density at radius 1 is 1.05 bits per heavy atom. The fraction of sp³-hybridized carbons (Fsp3) is 0.143. The standard InChI is InChI=1S/C14H13ClF2N2/c15-9-4-6-10(7-5-9)19-13(8-18)14-11(16)2-1-3-12(14)17/h1-7,13,19H,8,18H2. The van der Waals surface area contributed by atoms with Crippen molar-refractivity contribution in [2.45, 2.75) is 6.04 Å². The maximum atomic E-state index is 13.7. The van der Waals surface area contributed by atoms with Crippen molar-refractivity contribution in [1.29, 1.82) is 0 Å². The summed E-state index contributed by atoms with van der Waals surface area (Å²) in [6.45, 7) is 0.0699. The van der Waals surface area contributed by atoms with E-state index in [1.165, 1.54) is 18.2 Å². The summed E-state index contributed by atoms with van der Waals surface area (Å²) >= 11 is 5.78. The van der Waals surface area contributed by atoms with E-state index >= 15 is 0 Å². The average molecular weight is 283 g/mol. The van der Waals surface area contributed by atoms with Crippen LogP contribution in [0.5, 0.6) is 0 Å². The van der Waals surface area contributed by atoms with Crippen LogP contribution >= 0.6 is 11.6 Å². The van der Waals surface area contributed by atoms with Gasteiger partial charge in [-0.15, -0.1) is 0 Å². The molecule has 0 fully saturated rings. The molecule has 0 saturated heterocycles. The summed E-state index contributed by atoms with van der Waals surface area (Å²) in [5, 5.41) is 3.58. The highest BCUT2D eigenvalue weighted by molar-refractivity contribution is 6.30. The van der Waals surface area contributed by atoms with Gasteiger partial charge >= 0.3 is 0 Å². The Morgan fingerprint density at radius 2 is 1.63 bits per heavy atom. The highest BCUT2D eigenvalue weighted by Crippen LogP contribution is 2.24. The highest BCUT2D eigenvalue weighted by atomic mass is 35.5. The molecule has 5 heteroatoms. The van der Waals surface area contributed by atoms with E-state index < -0.39 is 17.7 Å². The molecule has 19 heavy (non-hydrogen) atoms. The van der Waals surface area contributed by atoms with E-state index in [0.717, 1.165) is 0 Å². The van der Waals surface area contributed by atoms with Gasteiger partial charge in [0.2, 0.25) is 0 Å². The summed E-state index contributed by atoms with van der Waals surface area (Å²) < 4.78 is 27.4. The Kier molecular flexibility index (Phi) is 4.35. The van der Waals surface area contributed by atoms with Crippen molar-refractivity contribution in [3.8, 4) is 0 Å². The molecule has 0 aliphatic carbocycles. The lowest BCUT2D eigenvalue weighted by molar-refractivity contribution is 0.537. The Hall–Kier alpha value is -1.65. The van der Waals surface area contributed by atoms with E-state index in [0.29, 0.717) is 10.7 Å². The fourth-order valence-corrected chi connectivity index (χ4v) is 1.97. The molecule has 0 amide bonds. The predicted octanol–water partition coefficient (Wildman–Crippen LogP) is 3.73. The van der Waals surface area contributed by atoms with Crippen LogP contribution in [0.4, 0.5) is 14.5 Å². The zero-order chi connectivity index (χ0) is 13.8. The number of halogens is 3. The maximum Gasteiger partial charge on any atom is 0.131 e. The lowest BCUT2D eigenvalue weighted by atomic mass is 10.1. The quantitative estimate of drug-likeness (QED) is 0.897. The zero-order valence-electron chi connectivity index (χ0n) is 10.0. The highest BCUT2D eigenvalue weighted by Gasteiger charge is 2.18. The summed E-state index contributed by atoms with van der Waals surface area (Å²) in [5.41, 5.74) is 6.24. The summed E-state index contributed by atoms with van der Waals surface area (Å²) in [6.07, 6.45) is 0. The van der Waals surface area contributed by atoms with Gasteiger partial charge in [0, 0.05) is 22.8 Å². The van der Waals surface area contributed by atoms with Crippen LogP contribution in [-0.4, -0.2) is 6.54 Å². The molecule has 0 aromatic heterocycles. The van der Waals surface area contributed by atoms with Gasteiger partial charge in [0.1, 0.15) is 11.6 Å². The van der Waals surface area contributed by atoms with Gasteiger partial charge in [0.05, 0.1) is 6.04 Å². The normalized spacial score (nSPS) is 12.2. The van der Waals surface area contributed by atoms with E-state index in [2.05, 4.69) is 5.32 Å². The van der Waals surface area contributed by atoms with Gasteiger partial charge in [-0.1, -0.05) is 17.7 Å². The van der Waals surface area contributed by atoms with Gasteiger partial charge in [0.15, 0.2) is 0 Å². The van der Waals surface area contributed by atoms with E-state index in [-0.39, 0.29) is 12.1 Å².